The molecule has 1 radical (unpaired) electrons. The Labute approximate surface area is 229 Å². The summed E-state index contributed by atoms with van der Waals surface area (Å²) in [6.07, 6.45) is 16.9. The van der Waals surface area contributed by atoms with E-state index < -0.39 is 0 Å². The van der Waals surface area contributed by atoms with Crippen molar-refractivity contribution >= 4 is 7.92 Å². The number of nitroso groups, excluding NO2 is 2. The summed E-state index contributed by atoms with van der Waals surface area (Å²) >= 11 is 0. The SMILES string of the molecule is C/C(N=O)=C(\C)NO.C/C(N=O)=C(\C)NO.CCCC[PH+](CCCC)CCCC.[Co].c1ccncc1. The first-order chi connectivity index (χ1) is 16.8. The predicted molar refractivity (Wildman–Crippen MR) is 150 cm³/mol. The molecule has 0 bridgehead atoms. The van der Waals surface area contributed by atoms with Crippen LogP contribution in [-0.2, 0) is 16.8 Å². The molecule has 4 N–H and O–H groups in total. The van der Waals surface area contributed by atoms with Gasteiger partial charge in [-0.1, -0.05) is 46.1 Å². The molecule has 0 saturated heterocycles. The van der Waals surface area contributed by atoms with Gasteiger partial charge in [-0.3, -0.25) is 26.4 Å². The van der Waals surface area contributed by atoms with E-state index in [1.807, 2.05) is 18.2 Å². The van der Waals surface area contributed by atoms with Crippen LogP contribution in [-0.4, -0.2) is 33.9 Å². The second-order valence-corrected chi connectivity index (χ2v) is 10.9. The molecule has 1 rings (SSSR count). The summed E-state index contributed by atoms with van der Waals surface area (Å²) in [5, 5.41) is 21.4. The third kappa shape index (κ3) is 30.3. The number of allylic oxidation sites excluding steroid dienone is 4. The Kier molecular flexibility index (Phi) is 38.3. The largest absolute Gasteiger partial charge is 0.291 e. The zero-order valence-corrected chi connectivity index (χ0v) is 25.2. The van der Waals surface area contributed by atoms with Gasteiger partial charge in [-0.2, -0.15) is 0 Å². The van der Waals surface area contributed by atoms with Crippen LogP contribution in [0.1, 0.15) is 87.0 Å². The van der Waals surface area contributed by atoms with Gasteiger partial charge < -0.3 is 0 Å². The quantitative estimate of drug-likeness (QED) is 0.108. The van der Waals surface area contributed by atoms with Gasteiger partial charge in [0.1, 0.15) is 11.4 Å². The molecule has 0 aliphatic carbocycles. The number of unbranched alkanes of at least 4 members (excludes halogenated alkanes) is 3. The molecule has 1 aromatic rings. The molecule has 0 saturated carbocycles. The maximum absolute atomic E-state index is 9.65. The van der Waals surface area contributed by atoms with E-state index in [9.17, 15) is 9.81 Å². The monoisotopic (exact) mass is 573 g/mol. The summed E-state index contributed by atoms with van der Waals surface area (Å²) in [6, 6.07) is 5.72. The fourth-order valence-corrected chi connectivity index (χ4v) is 5.58. The molecule has 0 fully saturated rings. The van der Waals surface area contributed by atoms with Crippen molar-refractivity contribution in [3.05, 3.63) is 63.2 Å². The van der Waals surface area contributed by atoms with Crippen LogP contribution >= 0.6 is 7.92 Å². The van der Waals surface area contributed by atoms with Crippen molar-refractivity contribution in [1.29, 1.82) is 0 Å². The Morgan fingerprint density at radius 2 is 1.06 bits per heavy atom. The molecule has 0 spiro atoms. The van der Waals surface area contributed by atoms with Gasteiger partial charge in [0.25, 0.3) is 0 Å². The van der Waals surface area contributed by atoms with E-state index in [4.69, 9.17) is 10.4 Å². The number of hydrogen-bond donors (Lipinski definition) is 4. The van der Waals surface area contributed by atoms with Crippen LogP contribution in [0, 0.1) is 9.81 Å². The Hall–Kier alpha value is -1.71. The number of nitrogens with zero attached hydrogens (tertiary/aromatic N) is 3. The van der Waals surface area contributed by atoms with Crippen molar-refractivity contribution in [2.75, 3.05) is 18.5 Å². The molecule has 36 heavy (non-hydrogen) atoms. The number of pyridine rings is 1. The molecule has 9 nitrogen and oxygen atoms in total. The van der Waals surface area contributed by atoms with E-state index in [1.165, 1.54) is 52.4 Å². The summed E-state index contributed by atoms with van der Waals surface area (Å²) in [7, 11) is 0.0675. The number of rotatable bonds is 13. The van der Waals surface area contributed by atoms with Crippen LogP contribution in [0.5, 0.6) is 0 Å². The molecular formula is C25H49CoN5O4P+. The average Bonchev–Trinajstić information content (AvgIpc) is 2.92. The Morgan fingerprint density at radius 1 is 0.722 bits per heavy atom. The second kappa shape index (κ2) is 33.3. The van der Waals surface area contributed by atoms with Gasteiger partial charge in [0.2, 0.25) is 0 Å². The summed E-state index contributed by atoms with van der Waals surface area (Å²) in [4.78, 5) is 23.1. The number of hydroxylamine groups is 2. The number of hydrogen-bond acceptors (Lipinski definition) is 9. The molecule has 211 valence electrons. The molecule has 0 atom stereocenters. The molecular weight excluding hydrogens is 524 g/mol. The van der Waals surface area contributed by atoms with Crippen molar-refractivity contribution in [1.82, 2.24) is 15.9 Å². The third-order valence-electron chi connectivity index (χ3n) is 4.91. The Morgan fingerprint density at radius 3 is 1.19 bits per heavy atom. The van der Waals surface area contributed by atoms with E-state index in [2.05, 4.69) is 36.1 Å². The van der Waals surface area contributed by atoms with E-state index in [0.717, 1.165) is 0 Å². The maximum atomic E-state index is 9.65. The summed E-state index contributed by atoms with van der Waals surface area (Å²) < 4.78 is 0. The molecule has 0 aliphatic rings. The molecule has 11 heteroatoms. The van der Waals surface area contributed by atoms with Gasteiger partial charge >= 0.3 is 0 Å². The van der Waals surface area contributed by atoms with Crippen molar-refractivity contribution in [2.24, 2.45) is 10.4 Å². The van der Waals surface area contributed by atoms with Gasteiger partial charge in [0.15, 0.2) is 0 Å². The van der Waals surface area contributed by atoms with Crippen LogP contribution in [0.25, 0.3) is 0 Å². The first-order valence-electron chi connectivity index (χ1n) is 12.3. The zero-order valence-electron chi connectivity index (χ0n) is 23.1. The van der Waals surface area contributed by atoms with E-state index in [1.54, 1.807) is 55.7 Å². The Bertz CT molecular complexity index is 604. The van der Waals surface area contributed by atoms with Crippen LogP contribution in [0.2, 0.25) is 0 Å². The molecule has 0 unspecified atom stereocenters. The fourth-order valence-electron chi connectivity index (χ4n) is 2.27. The standard InChI is InChI=1S/C12H27P.C5H5N.2C4H8N2O2.Co/c1-4-7-10-13(11-8-5-2)12-9-6-3;1-2-4-6-5-3-1;2*1-3(5-7)4(2)6-8;/h4-12H2,1-3H3;1-5H;2*5,7H,1-2H3;/p+1/b;;2*4-3-;. The summed E-state index contributed by atoms with van der Waals surface area (Å²) in [6.45, 7) is 13.1. The van der Waals surface area contributed by atoms with Crippen molar-refractivity contribution in [3.8, 4) is 0 Å². The average molecular weight is 574 g/mol. The van der Waals surface area contributed by atoms with Crippen LogP contribution in [0.15, 0.2) is 63.7 Å². The van der Waals surface area contributed by atoms with Crippen LogP contribution in [0.3, 0.4) is 0 Å². The number of aromatic nitrogens is 1. The minimum atomic E-state index is 0. The normalized spacial score (nSPS) is 10.8. The van der Waals surface area contributed by atoms with Gasteiger partial charge in [0.05, 0.1) is 29.9 Å². The van der Waals surface area contributed by atoms with Gasteiger partial charge in [0, 0.05) is 37.1 Å². The van der Waals surface area contributed by atoms with Gasteiger partial charge in [-0.25, -0.2) is 0 Å². The van der Waals surface area contributed by atoms with Crippen molar-refractivity contribution in [3.63, 3.8) is 0 Å². The summed E-state index contributed by atoms with van der Waals surface area (Å²) in [5.41, 5.74) is 4.87. The number of nitrogens with one attached hydrogen (secondary N) is 2. The fraction of sp³-hybridized carbons (Fsp3) is 0.640. The predicted octanol–water partition coefficient (Wildman–Crippen LogP) is 7.65. The van der Waals surface area contributed by atoms with Crippen molar-refractivity contribution in [2.45, 2.75) is 87.0 Å². The zero-order chi connectivity index (χ0) is 27.3. The summed E-state index contributed by atoms with van der Waals surface area (Å²) in [5.74, 6) is 0. The first kappa shape index (κ1) is 41.4. The van der Waals surface area contributed by atoms with Crippen LogP contribution in [0.4, 0.5) is 0 Å². The van der Waals surface area contributed by atoms with Gasteiger partial charge in [-0.05, 0) is 69.4 Å². The molecule has 1 heterocycles. The topological polar surface area (TPSA) is 136 Å². The van der Waals surface area contributed by atoms with E-state index in [-0.39, 0.29) is 36.1 Å². The van der Waals surface area contributed by atoms with Crippen molar-refractivity contribution < 1.29 is 27.2 Å². The smallest absolute Gasteiger partial charge is 0.103 e. The second-order valence-electron chi connectivity index (χ2n) is 7.91. The molecule has 1 aromatic heterocycles. The molecule has 0 aromatic carbocycles. The van der Waals surface area contributed by atoms with Crippen LogP contribution < -0.4 is 11.0 Å². The minimum absolute atomic E-state index is 0. The minimum Gasteiger partial charge on any atom is -0.291 e. The third-order valence-corrected chi connectivity index (χ3v) is 8.09. The Balaban J connectivity index is -0.000000195. The van der Waals surface area contributed by atoms with Gasteiger partial charge in [-0.15, -0.1) is 9.81 Å². The van der Waals surface area contributed by atoms with E-state index >= 15 is 0 Å². The molecule has 0 amide bonds. The first-order valence-corrected chi connectivity index (χ1v) is 14.4. The maximum Gasteiger partial charge on any atom is 0.103 e. The molecule has 0 aliphatic heterocycles. The van der Waals surface area contributed by atoms with E-state index in [0.29, 0.717) is 11.4 Å².